The zero-order chi connectivity index (χ0) is 11.4. The standard InChI is InChI=1S/C11H16N4S/c1-9(2)12-3-10-4-15(7-13-10)5-11-6-16-8-14-11/h4,6-9,12H,3,5H2,1-2H3. The van der Waals surface area contributed by atoms with Crippen molar-refractivity contribution in [3.63, 3.8) is 0 Å². The largest absolute Gasteiger partial charge is 0.331 e. The summed E-state index contributed by atoms with van der Waals surface area (Å²) in [4.78, 5) is 8.59. The molecule has 4 nitrogen and oxygen atoms in total. The number of aromatic nitrogens is 3. The minimum absolute atomic E-state index is 0.490. The minimum atomic E-state index is 0.490. The van der Waals surface area contributed by atoms with Crippen molar-refractivity contribution in [1.82, 2.24) is 19.9 Å². The lowest BCUT2D eigenvalue weighted by Gasteiger charge is -2.04. The van der Waals surface area contributed by atoms with Gasteiger partial charge in [-0.05, 0) is 0 Å². The molecule has 0 saturated carbocycles. The lowest BCUT2D eigenvalue weighted by atomic mass is 10.3. The molecule has 5 heteroatoms. The van der Waals surface area contributed by atoms with Crippen LogP contribution in [-0.4, -0.2) is 20.6 Å². The van der Waals surface area contributed by atoms with Gasteiger partial charge in [-0.3, -0.25) is 0 Å². The van der Waals surface area contributed by atoms with Gasteiger partial charge in [-0.25, -0.2) is 9.97 Å². The zero-order valence-corrected chi connectivity index (χ0v) is 10.4. The van der Waals surface area contributed by atoms with Crippen molar-refractivity contribution in [1.29, 1.82) is 0 Å². The van der Waals surface area contributed by atoms with Crippen molar-refractivity contribution < 1.29 is 0 Å². The molecule has 0 fully saturated rings. The second-order valence-corrected chi connectivity index (χ2v) is 4.77. The van der Waals surface area contributed by atoms with Gasteiger partial charge >= 0.3 is 0 Å². The average Bonchev–Trinajstić information content (AvgIpc) is 2.87. The molecule has 2 aromatic heterocycles. The van der Waals surface area contributed by atoms with E-state index in [1.807, 2.05) is 11.8 Å². The predicted octanol–water partition coefficient (Wildman–Crippen LogP) is 1.89. The molecule has 0 bridgehead atoms. The van der Waals surface area contributed by atoms with Crippen LogP contribution >= 0.6 is 11.3 Å². The van der Waals surface area contributed by atoms with Gasteiger partial charge in [0.1, 0.15) is 0 Å². The fourth-order valence-corrected chi connectivity index (χ4v) is 1.95. The van der Waals surface area contributed by atoms with Crippen LogP contribution in [0, 0.1) is 0 Å². The van der Waals surface area contributed by atoms with E-state index in [-0.39, 0.29) is 0 Å². The highest BCUT2D eigenvalue weighted by atomic mass is 32.1. The summed E-state index contributed by atoms with van der Waals surface area (Å²) in [7, 11) is 0. The zero-order valence-electron chi connectivity index (χ0n) is 9.55. The van der Waals surface area contributed by atoms with Crippen LogP contribution in [0.4, 0.5) is 0 Å². The molecule has 0 aliphatic rings. The lowest BCUT2D eigenvalue weighted by Crippen LogP contribution is -2.21. The van der Waals surface area contributed by atoms with E-state index in [4.69, 9.17) is 0 Å². The number of nitrogens with zero attached hydrogens (tertiary/aromatic N) is 3. The third-order valence-corrected chi connectivity index (χ3v) is 2.84. The topological polar surface area (TPSA) is 42.7 Å². The molecular weight excluding hydrogens is 220 g/mol. The van der Waals surface area contributed by atoms with Gasteiger partial charge in [0.2, 0.25) is 0 Å². The monoisotopic (exact) mass is 236 g/mol. The molecule has 1 N–H and O–H groups in total. The SMILES string of the molecule is CC(C)NCc1cn(Cc2cscn2)cn1. The third-order valence-electron chi connectivity index (χ3n) is 2.21. The van der Waals surface area contributed by atoms with E-state index in [9.17, 15) is 0 Å². The number of rotatable bonds is 5. The Morgan fingerprint density at radius 2 is 2.25 bits per heavy atom. The average molecular weight is 236 g/mol. The van der Waals surface area contributed by atoms with E-state index < -0.39 is 0 Å². The molecule has 16 heavy (non-hydrogen) atoms. The van der Waals surface area contributed by atoms with Gasteiger partial charge in [0.25, 0.3) is 0 Å². The van der Waals surface area contributed by atoms with Gasteiger partial charge in [0, 0.05) is 24.2 Å². The van der Waals surface area contributed by atoms with E-state index in [1.54, 1.807) is 11.3 Å². The Bertz CT molecular complexity index is 419. The summed E-state index contributed by atoms with van der Waals surface area (Å²) in [5.41, 5.74) is 4.02. The summed E-state index contributed by atoms with van der Waals surface area (Å²) in [5.74, 6) is 0. The minimum Gasteiger partial charge on any atom is -0.331 e. The van der Waals surface area contributed by atoms with Gasteiger partial charge < -0.3 is 9.88 Å². The smallest absolute Gasteiger partial charge is 0.0953 e. The number of nitrogens with one attached hydrogen (secondary N) is 1. The van der Waals surface area contributed by atoms with Gasteiger partial charge in [0.15, 0.2) is 0 Å². The Balaban J connectivity index is 1.92. The van der Waals surface area contributed by atoms with Crippen LogP contribution in [0.3, 0.4) is 0 Å². The summed E-state index contributed by atoms with van der Waals surface area (Å²) in [5, 5.41) is 5.41. The molecule has 0 atom stereocenters. The molecule has 86 valence electrons. The van der Waals surface area contributed by atoms with Crippen molar-refractivity contribution in [2.75, 3.05) is 0 Å². The molecule has 0 aromatic carbocycles. The number of hydrogen-bond donors (Lipinski definition) is 1. The molecule has 0 aliphatic carbocycles. The van der Waals surface area contributed by atoms with Crippen LogP contribution < -0.4 is 5.32 Å². The third kappa shape index (κ3) is 3.15. The van der Waals surface area contributed by atoms with Gasteiger partial charge in [-0.2, -0.15) is 0 Å². The number of imidazole rings is 1. The molecule has 0 spiro atoms. The van der Waals surface area contributed by atoms with E-state index in [2.05, 4.69) is 45.3 Å². The molecule has 2 rings (SSSR count). The Morgan fingerprint density at radius 1 is 1.38 bits per heavy atom. The van der Waals surface area contributed by atoms with E-state index in [1.165, 1.54) is 0 Å². The molecule has 0 unspecified atom stereocenters. The molecule has 2 heterocycles. The fourth-order valence-electron chi connectivity index (χ4n) is 1.40. The normalized spacial score (nSPS) is 11.2. The summed E-state index contributed by atoms with van der Waals surface area (Å²) in [6, 6.07) is 0.490. The predicted molar refractivity (Wildman–Crippen MR) is 65.4 cm³/mol. The number of thiazole rings is 1. The molecule has 0 aliphatic heterocycles. The Kier molecular flexibility index (Phi) is 3.69. The van der Waals surface area contributed by atoms with Gasteiger partial charge in [-0.15, -0.1) is 11.3 Å². The Morgan fingerprint density at radius 3 is 2.94 bits per heavy atom. The van der Waals surface area contributed by atoms with Crippen molar-refractivity contribution in [2.45, 2.75) is 33.0 Å². The highest BCUT2D eigenvalue weighted by molar-refractivity contribution is 7.07. The first-order valence-corrected chi connectivity index (χ1v) is 6.29. The quantitative estimate of drug-likeness (QED) is 0.862. The summed E-state index contributed by atoms with van der Waals surface area (Å²) < 4.78 is 2.06. The van der Waals surface area contributed by atoms with E-state index in [0.29, 0.717) is 6.04 Å². The van der Waals surface area contributed by atoms with Crippen molar-refractivity contribution >= 4 is 11.3 Å². The van der Waals surface area contributed by atoms with Crippen LogP contribution in [0.2, 0.25) is 0 Å². The molecular formula is C11H16N4S. The molecule has 0 amide bonds. The maximum atomic E-state index is 4.34. The van der Waals surface area contributed by atoms with Crippen molar-refractivity contribution in [2.24, 2.45) is 0 Å². The fraction of sp³-hybridized carbons (Fsp3) is 0.455. The molecule has 2 aromatic rings. The summed E-state index contributed by atoms with van der Waals surface area (Å²) >= 11 is 1.62. The highest BCUT2D eigenvalue weighted by Gasteiger charge is 2.01. The van der Waals surface area contributed by atoms with E-state index in [0.717, 1.165) is 24.5 Å². The Hall–Kier alpha value is -1.20. The van der Waals surface area contributed by atoms with E-state index >= 15 is 0 Å². The lowest BCUT2D eigenvalue weighted by molar-refractivity contribution is 0.582. The second-order valence-electron chi connectivity index (χ2n) is 4.05. The molecule has 0 radical (unpaired) electrons. The summed E-state index contributed by atoms with van der Waals surface area (Å²) in [6.07, 6.45) is 3.92. The maximum Gasteiger partial charge on any atom is 0.0953 e. The maximum absolute atomic E-state index is 4.34. The van der Waals surface area contributed by atoms with Crippen LogP contribution in [0.5, 0.6) is 0 Å². The first-order chi connectivity index (χ1) is 7.74. The summed E-state index contributed by atoms with van der Waals surface area (Å²) in [6.45, 7) is 5.89. The molecule has 0 saturated heterocycles. The van der Waals surface area contributed by atoms with Gasteiger partial charge in [-0.1, -0.05) is 13.8 Å². The Labute approximate surface area is 99.4 Å². The van der Waals surface area contributed by atoms with Gasteiger partial charge in [0.05, 0.1) is 29.8 Å². The van der Waals surface area contributed by atoms with Crippen LogP contribution in [0.15, 0.2) is 23.4 Å². The highest BCUT2D eigenvalue weighted by Crippen LogP contribution is 2.05. The second kappa shape index (κ2) is 5.23. The van der Waals surface area contributed by atoms with Crippen molar-refractivity contribution in [3.05, 3.63) is 34.8 Å². The van der Waals surface area contributed by atoms with Crippen LogP contribution in [0.25, 0.3) is 0 Å². The van der Waals surface area contributed by atoms with Crippen LogP contribution in [0.1, 0.15) is 25.2 Å². The first kappa shape index (κ1) is 11.3. The van der Waals surface area contributed by atoms with Crippen LogP contribution in [-0.2, 0) is 13.1 Å². The van der Waals surface area contributed by atoms with Crippen molar-refractivity contribution in [3.8, 4) is 0 Å². The number of hydrogen-bond acceptors (Lipinski definition) is 4. The first-order valence-electron chi connectivity index (χ1n) is 5.35.